The predicted molar refractivity (Wildman–Crippen MR) is 81.9 cm³/mol. The molecule has 5 nitrogen and oxygen atoms in total. The lowest BCUT2D eigenvalue weighted by Gasteiger charge is -2.25. The van der Waals surface area contributed by atoms with Gasteiger partial charge in [-0.2, -0.15) is 4.31 Å². The third kappa shape index (κ3) is 3.02. The first kappa shape index (κ1) is 15.8. The molecule has 2 rings (SSSR count). The summed E-state index contributed by atoms with van der Waals surface area (Å²) in [6.07, 6.45) is 2.58. The zero-order chi connectivity index (χ0) is 15.6. The second-order valence-electron chi connectivity index (χ2n) is 4.59. The molecule has 1 atom stereocenters. The minimum atomic E-state index is -3.90. The summed E-state index contributed by atoms with van der Waals surface area (Å²) in [6, 6.07) is 7.70. The number of nitrogens with one attached hydrogen (secondary N) is 1. The number of benzene rings is 1. The van der Waals surface area contributed by atoms with Gasteiger partial charge in [-0.25, -0.2) is 8.42 Å². The number of hydrogen-bond donors (Lipinski definition) is 1. The van der Waals surface area contributed by atoms with E-state index in [0.29, 0.717) is 10.6 Å². The largest absolute Gasteiger partial charge is 0.366 e. The van der Waals surface area contributed by atoms with E-state index in [0.717, 1.165) is 4.31 Å². The molecule has 1 heterocycles. The second-order valence-corrected chi connectivity index (χ2v) is 6.96. The van der Waals surface area contributed by atoms with E-state index in [9.17, 15) is 13.2 Å². The molecule has 21 heavy (non-hydrogen) atoms. The van der Waals surface area contributed by atoms with Crippen molar-refractivity contribution in [2.45, 2.75) is 17.9 Å². The van der Waals surface area contributed by atoms with Gasteiger partial charge in [-0.1, -0.05) is 29.8 Å². The Morgan fingerprint density at radius 3 is 2.52 bits per heavy atom. The van der Waals surface area contributed by atoms with Crippen LogP contribution >= 0.6 is 11.6 Å². The Kier molecular flexibility index (Phi) is 4.51. The summed E-state index contributed by atoms with van der Waals surface area (Å²) in [5.41, 5.74) is 0.129. The summed E-state index contributed by atoms with van der Waals surface area (Å²) in [5.74, 6) is 0. The molecule has 2 aromatic rings. The zero-order valence-corrected chi connectivity index (χ0v) is 13.1. The number of H-pyrrole nitrogens is 1. The van der Waals surface area contributed by atoms with Crippen LogP contribution in [0.3, 0.4) is 0 Å². The molecule has 1 aromatic carbocycles. The molecule has 0 aliphatic rings. The molecule has 0 radical (unpaired) electrons. The molecule has 0 amide bonds. The molecule has 0 spiro atoms. The van der Waals surface area contributed by atoms with Gasteiger partial charge in [0.25, 0.3) is 0 Å². The first-order chi connectivity index (χ1) is 9.85. The standard InChI is InChI=1S/C14H15ClN2O3S/c1-10(11-5-3-4-6-12(11)15)17(2)21(19,20)14-9-16-8-7-13(14)18/h3-10H,1-2H3,(H,16,18). The zero-order valence-electron chi connectivity index (χ0n) is 11.6. The number of sulfonamides is 1. The molecule has 7 heteroatoms. The molecule has 0 bridgehead atoms. The van der Waals surface area contributed by atoms with Crippen molar-refractivity contribution in [3.05, 3.63) is 63.5 Å². The molecule has 0 aliphatic heterocycles. The van der Waals surface area contributed by atoms with Crippen molar-refractivity contribution in [3.63, 3.8) is 0 Å². The van der Waals surface area contributed by atoms with Crippen molar-refractivity contribution in [2.75, 3.05) is 7.05 Å². The topological polar surface area (TPSA) is 70.2 Å². The molecule has 1 aromatic heterocycles. The average molecular weight is 327 g/mol. The van der Waals surface area contributed by atoms with Crippen LogP contribution in [0.2, 0.25) is 5.02 Å². The van der Waals surface area contributed by atoms with E-state index in [-0.39, 0.29) is 4.90 Å². The van der Waals surface area contributed by atoms with E-state index >= 15 is 0 Å². The minimum Gasteiger partial charge on any atom is -0.366 e. The van der Waals surface area contributed by atoms with Gasteiger partial charge in [0.1, 0.15) is 4.90 Å². The Bertz CT molecular complexity index is 802. The van der Waals surface area contributed by atoms with E-state index in [1.165, 1.54) is 25.5 Å². The number of nitrogens with zero attached hydrogens (tertiary/aromatic N) is 1. The maximum absolute atomic E-state index is 12.5. The third-order valence-corrected chi connectivity index (χ3v) is 5.64. The summed E-state index contributed by atoms with van der Waals surface area (Å²) in [5, 5.41) is 0.481. The van der Waals surface area contributed by atoms with E-state index in [4.69, 9.17) is 11.6 Å². The Labute approximate surface area is 128 Å². The van der Waals surface area contributed by atoms with Crippen molar-refractivity contribution in [3.8, 4) is 0 Å². The maximum Gasteiger partial charge on any atom is 0.248 e. The van der Waals surface area contributed by atoms with Crippen LogP contribution in [-0.4, -0.2) is 24.8 Å². The molecule has 1 N–H and O–H groups in total. The lowest BCUT2D eigenvalue weighted by atomic mass is 10.1. The number of aromatic amines is 1. The molecule has 0 saturated carbocycles. The Hall–Kier alpha value is -1.63. The van der Waals surface area contributed by atoms with Crippen LogP contribution in [0.4, 0.5) is 0 Å². The highest BCUT2D eigenvalue weighted by Crippen LogP contribution is 2.29. The number of hydrogen-bond acceptors (Lipinski definition) is 3. The van der Waals surface area contributed by atoms with E-state index in [2.05, 4.69) is 4.98 Å². The van der Waals surface area contributed by atoms with Crippen LogP contribution in [0, 0.1) is 0 Å². The van der Waals surface area contributed by atoms with Crippen LogP contribution in [0.15, 0.2) is 52.4 Å². The molecule has 0 saturated heterocycles. The first-order valence-electron chi connectivity index (χ1n) is 6.25. The third-order valence-electron chi connectivity index (χ3n) is 3.35. The van der Waals surface area contributed by atoms with Gasteiger partial charge in [0.05, 0.1) is 0 Å². The lowest BCUT2D eigenvalue weighted by Crippen LogP contribution is -2.33. The average Bonchev–Trinajstić information content (AvgIpc) is 2.46. The second kappa shape index (κ2) is 6.01. The van der Waals surface area contributed by atoms with E-state index in [1.54, 1.807) is 31.2 Å². The van der Waals surface area contributed by atoms with Crippen molar-refractivity contribution < 1.29 is 8.42 Å². The Morgan fingerprint density at radius 1 is 1.24 bits per heavy atom. The summed E-state index contributed by atoms with van der Waals surface area (Å²) < 4.78 is 26.2. The number of aromatic nitrogens is 1. The van der Waals surface area contributed by atoms with Crippen molar-refractivity contribution >= 4 is 21.6 Å². The van der Waals surface area contributed by atoms with Gasteiger partial charge in [0.2, 0.25) is 15.5 Å². The van der Waals surface area contributed by atoms with Crippen LogP contribution in [0.1, 0.15) is 18.5 Å². The summed E-state index contributed by atoms with van der Waals surface area (Å²) in [7, 11) is -2.48. The van der Waals surface area contributed by atoms with E-state index < -0.39 is 21.5 Å². The summed E-state index contributed by atoms with van der Waals surface area (Å²) in [6.45, 7) is 1.72. The van der Waals surface area contributed by atoms with Gasteiger partial charge in [-0.15, -0.1) is 0 Å². The van der Waals surface area contributed by atoms with Gasteiger partial charge in [-0.3, -0.25) is 4.79 Å². The Balaban J connectivity index is 2.44. The molecule has 1 unspecified atom stereocenters. The molecular weight excluding hydrogens is 312 g/mol. The van der Waals surface area contributed by atoms with Crippen LogP contribution < -0.4 is 5.43 Å². The van der Waals surface area contributed by atoms with Crippen molar-refractivity contribution in [1.29, 1.82) is 0 Å². The summed E-state index contributed by atoms with van der Waals surface area (Å²) >= 11 is 6.10. The number of rotatable bonds is 4. The lowest BCUT2D eigenvalue weighted by molar-refractivity contribution is 0.398. The SMILES string of the molecule is CC(c1ccccc1Cl)N(C)S(=O)(=O)c1c[nH]ccc1=O. The first-order valence-corrected chi connectivity index (χ1v) is 8.07. The fourth-order valence-corrected chi connectivity index (χ4v) is 3.65. The molecular formula is C14H15ClN2O3S. The van der Waals surface area contributed by atoms with Crippen molar-refractivity contribution in [2.24, 2.45) is 0 Å². The van der Waals surface area contributed by atoms with Gasteiger partial charge in [0.15, 0.2) is 0 Å². The fourth-order valence-electron chi connectivity index (χ4n) is 1.98. The molecule has 112 valence electrons. The highest BCUT2D eigenvalue weighted by Gasteiger charge is 2.29. The predicted octanol–water partition coefficient (Wildman–Crippen LogP) is 2.41. The fraction of sp³-hybridized carbons (Fsp3) is 0.214. The number of halogens is 1. The number of pyridine rings is 1. The molecule has 0 fully saturated rings. The monoisotopic (exact) mass is 326 g/mol. The van der Waals surface area contributed by atoms with Crippen LogP contribution in [0.25, 0.3) is 0 Å². The molecule has 0 aliphatic carbocycles. The van der Waals surface area contributed by atoms with Gasteiger partial charge in [-0.05, 0) is 18.6 Å². The Morgan fingerprint density at radius 2 is 1.90 bits per heavy atom. The quantitative estimate of drug-likeness (QED) is 0.938. The van der Waals surface area contributed by atoms with Crippen LogP contribution in [0.5, 0.6) is 0 Å². The van der Waals surface area contributed by atoms with Gasteiger partial charge >= 0.3 is 0 Å². The normalized spacial score (nSPS) is 13.3. The minimum absolute atomic E-state index is 0.286. The van der Waals surface area contributed by atoms with Crippen LogP contribution in [-0.2, 0) is 10.0 Å². The van der Waals surface area contributed by atoms with Gasteiger partial charge in [0, 0.05) is 36.6 Å². The van der Waals surface area contributed by atoms with Gasteiger partial charge < -0.3 is 4.98 Å². The van der Waals surface area contributed by atoms with Crippen molar-refractivity contribution in [1.82, 2.24) is 9.29 Å². The van der Waals surface area contributed by atoms with E-state index in [1.807, 2.05) is 0 Å². The smallest absolute Gasteiger partial charge is 0.248 e. The highest BCUT2D eigenvalue weighted by atomic mass is 35.5. The summed E-state index contributed by atoms with van der Waals surface area (Å²) in [4.78, 5) is 14.1. The maximum atomic E-state index is 12.5. The highest BCUT2D eigenvalue weighted by molar-refractivity contribution is 7.89.